The molecule has 0 unspecified atom stereocenters. The molecule has 6 heteroatoms. The van der Waals surface area contributed by atoms with Crippen molar-refractivity contribution >= 4 is 6.03 Å². The number of hydrogen-bond acceptors (Lipinski definition) is 4. The fourth-order valence-corrected chi connectivity index (χ4v) is 3.54. The zero-order valence-electron chi connectivity index (χ0n) is 17.4. The van der Waals surface area contributed by atoms with E-state index in [1.165, 1.54) is 5.56 Å². The lowest BCUT2D eigenvalue weighted by Crippen LogP contribution is -2.52. The number of carbonyl (C=O) groups excluding carboxylic acids is 1. The number of piperazine rings is 1. The summed E-state index contributed by atoms with van der Waals surface area (Å²) in [6.07, 6.45) is 1.79. The normalized spacial score (nSPS) is 14.5. The molecule has 1 N–H and O–H groups in total. The van der Waals surface area contributed by atoms with Crippen molar-refractivity contribution in [3.63, 3.8) is 0 Å². The first-order valence-electron chi connectivity index (χ1n) is 10.2. The van der Waals surface area contributed by atoms with E-state index in [1.54, 1.807) is 14.2 Å². The Morgan fingerprint density at radius 2 is 1.48 bits per heavy atom. The number of urea groups is 1. The van der Waals surface area contributed by atoms with Crippen molar-refractivity contribution in [2.24, 2.45) is 0 Å². The smallest absolute Gasteiger partial charge is 0.317 e. The summed E-state index contributed by atoms with van der Waals surface area (Å²) in [5.41, 5.74) is 2.44. The summed E-state index contributed by atoms with van der Waals surface area (Å²) in [5.74, 6) is 1.75. The van der Waals surface area contributed by atoms with Gasteiger partial charge < -0.3 is 19.7 Å². The molecule has 0 saturated carbocycles. The van der Waals surface area contributed by atoms with Crippen LogP contribution in [0.25, 0.3) is 0 Å². The van der Waals surface area contributed by atoms with Gasteiger partial charge in [-0.25, -0.2) is 4.79 Å². The van der Waals surface area contributed by atoms with Gasteiger partial charge in [-0.15, -0.1) is 0 Å². The summed E-state index contributed by atoms with van der Waals surface area (Å²) in [6, 6.07) is 16.2. The van der Waals surface area contributed by atoms with Crippen molar-refractivity contribution in [2.75, 3.05) is 53.5 Å². The lowest BCUT2D eigenvalue weighted by Gasteiger charge is -2.34. The highest BCUT2D eigenvalue weighted by molar-refractivity contribution is 5.74. The highest BCUT2D eigenvalue weighted by atomic mass is 16.5. The minimum Gasteiger partial charge on any atom is -0.497 e. The number of methoxy groups -OCH3 is 2. The Balaban J connectivity index is 1.35. The van der Waals surface area contributed by atoms with E-state index in [9.17, 15) is 4.79 Å². The van der Waals surface area contributed by atoms with Crippen LogP contribution in [-0.2, 0) is 12.8 Å². The van der Waals surface area contributed by atoms with Crippen molar-refractivity contribution in [1.82, 2.24) is 15.1 Å². The lowest BCUT2D eigenvalue weighted by atomic mass is 10.1. The quantitative estimate of drug-likeness (QED) is 0.744. The number of carbonyl (C=O) groups is 1. The fourth-order valence-electron chi connectivity index (χ4n) is 3.54. The molecule has 1 saturated heterocycles. The predicted molar refractivity (Wildman–Crippen MR) is 115 cm³/mol. The van der Waals surface area contributed by atoms with Crippen LogP contribution in [-0.4, -0.2) is 69.3 Å². The van der Waals surface area contributed by atoms with E-state index < -0.39 is 0 Å². The topological polar surface area (TPSA) is 54.0 Å². The molecule has 2 aromatic rings. The van der Waals surface area contributed by atoms with Gasteiger partial charge in [-0.1, -0.05) is 24.3 Å². The first-order valence-corrected chi connectivity index (χ1v) is 10.2. The summed E-state index contributed by atoms with van der Waals surface area (Å²) in [7, 11) is 3.36. The molecule has 2 amide bonds. The van der Waals surface area contributed by atoms with Crippen molar-refractivity contribution in [3.05, 3.63) is 59.7 Å². The van der Waals surface area contributed by atoms with Crippen molar-refractivity contribution in [2.45, 2.75) is 12.8 Å². The molecule has 1 fully saturated rings. The van der Waals surface area contributed by atoms with E-state index in [4.69, 9.17) is 9.47 Å². The van der Waals surface area contributed by atoms with Gasteiger partial charge >= 0.3 is 6.03 Å². The number of nitrogens with zero attached hydrogens (tertiary/aromatic N) is 2. The van der Waals surface area contributed by atoms with Gasteiger partial charge in [-0.2, -0.15) is 0 Å². The molecule has 0 aromatic heterocycles. The molecule has 0 spiro atoms. The Hall–Kier alpha value is -2.73. The Kier molecular flexibility index (Phi) is 7.76. The zero-order chi connectivity index (χ0) is 20.5. The highest BCUT2D eigenvalue weighted by Gasteiger charge is 2.20. The van der Waals surface area contributed by atoms with E-state index >= 15 is 0 Å². The van der Waals surface area contributed by atoms with Crippen LogP contribution in [0.2, 0.25) is 0 Å². The number of amides is 2. The van der Waals surface area contributed by atoms with Crippen LogP contribution in [0.15, 0.2) is 48.5 Å². The van der Waals surface area contributed by atoms with Gasteiger partial charge in [0, 0.05) is 39.3 Å². The number of rotatable bonds is 8. The van der Waals surface area contributed by atoms with Gasteiger partial charge in [-0.3, -0.25) is 4.90 Å². The van der Waals surface area contributed by atoms with E-state index in [0.29, 0.717) is 6.54 Å². The van der Waals surface area contributed by atoms with Crippen molar-refractivity contribution in [1.29, 1.82) is 0 Å². The molecule has 0 aliphatic carbocycles. The number of nitrogens with one attached hydrogen (secondary N) is 1. The molecule has 3 rings (SSSR count). The lowest BCUT2D eigenvalue weighted by molar-refractivity contribution is 0.140. The Morgan fingerprint density at radius 1 is 0.897 bits per heavy atom. The number of ether oxygens (including phenoxy) is 2. The van der Waals surface area contributed by atoms with Crippen LogP contribution in [0.4, 0.5) is 4.79 Å². The minimum atomic E-state index is 0.0281. The largest absolute Gasteiger partial charge is 0.497 e. The molecule has 0 bridgehead atoms. The van der Waals surface area contributed by atoms with Gasteiger partial charge in [0.25, 0.3) is 0 Å². The third kappa shape index (κ3) is 6.39. The van der Waals surface area contributed by atoms with E-state index in [0.717, 1.165) is 62.6 Å². The van der Waals surface area contributed by atoms with Crippen LogP contribution >= 0.6 is 0 Å². The van der Waals surface area contributed by atoms with Gasteiger partial charge in [0.05, 0.1) is 14.2 Å². The summed E-state index contributed by atoms with van der Waals surface area (Å²) >= 11 is 0. The third-order valence-corrected chi connectivity index (χ3v) is 5.33. The Bertz CT molecular complexity index is 788. The molecular formula is C23H31N3O3. The van der Waals surface area contributed by atoms with Crippen LogP contribution in [0.5, 0.6) is 11.5 Å². The molecule has 0 atom stereocenters. The maximum Gasteiger partial charge on any atom is 0.317 e. The maximum atomic E-state index is 12.4. The van der Waals surface area contributed by atoms with Crippen LogP contribution in [0.1, 0.15) is 11.1 Å². The summed E-state index contributed by atoms with van der Waals surface area (Å²) in [4.78, 5) is 16.8. The fraction of sp³-hybridized carbons (Fsp3) is 0.435. The van der Waals surface area contributed by atoms with Crippen molar-refractivity contribution < 1.29 is 14.3 Å². The zero-order valence-corrected chi connectivity index (χ0v) is 17.4. The molecular weight excluding hydrogens is 366 g/mol. The predicted octanol–water partition coefficient (Wildman–Crippen LogP) is 2.82. The highest BCUT2D eigenvalue weighted by Crippen LogP contribution is 2.14. The van der Waals surface area contributed by atoms with Gasteiger partial charge in [0.1, 0.15) is 11.5 Å². The summed E-state index contributed by atoms with van der Waals surface area (Å²) in [5, 5.41) is 3.04. The van der Waals surface area contributed by atoms with E-state index in [2.05, 4.69) is 28.4 Å². The Labute approximate surface area is 173 Å². The van der Waals surface area contributed by atoms with Gasteiger partial charge in [0.15, 0.2) is 0 Å². The maximum absolute atomic E-state index is 12.4. The third-order valence-electron chi connectivity index (χ3n) is 5.33. The first kappa shape index (κ1) is 21.0. The summed E-state index contributed by atoms with van der Waals surface area (Å²) < 4.78 is 10.5. The second-order valence-electron chi connectivity index (χ2n) is 7.26. The molecule has 6 nitrogen and oxygen atoms in total. The van der Waals surface area contributed by atoms with E-state index in [-0.39, 0.29) is 6.03 Å². The molecule has 1 heterocycles. The molecule has 29 heavy (non-hydrogen) atoms. The number of benzene rings is 2. The summed E-state index contributed by atoms with van der Waals surface area (Å²) in [6.45, 7) is 4.98. The minimum absolute atomic E-state index is 0.0281. The Morgan fingerprint density at radius 3 is 2.07 bits per heavy atom. The van der Waals surface area contributed by atoms with E-state index in [1.807, 2.05) is 35.2 Å². The molecule has 2 aromatic carbocycles. The van der Waals surface area contributed by atoms with Crippen LogP contribution in [0.3, 0.4) is 0 Å². The van der Waals surface area contributed by atoms with Gasteiger partial charge in [0.2, 0.25) is 0 Å². The second kappa shape index (κ2) is 10.7. The molecule has 1 aliphatic heterocycles. The van der Waals surface area contributed by atoms with Crippen LogP contribution < -0.4 is 14.8 Å². The van der Waals surface area contributed by atoms with Gasteiger partial charge in [-0.05, 0) is 48.2 Å². The average Bonchev–Trinajstić information content (AvgIpc) is 2.78. The molecule has 1 aliphatic rings. The average molecular weight is 398 g/mol. The first-order chi connectivity index (χ1) is 14.2. The molecule has 0 radical (unpaired) electrons. The second-order valence-corrected chi connectivity index (χ2v) is 7.26. The monoisotopic (exact) mass is 397 g/mol. The molecule has 156 valence electrons. The SMILES string of the molecule is COc1cccc(CCNC(=O)N2CCN(CCc3cccc(OC)c3)CC2)c1. The van der Waals surface area contributed by atoms with Crippen molar-refractivity contribution in [3.8, 4) is 11.5 Å². The number of hydrogen-bond donors (Lipinski definition) is 1. The standard InChI is InChI=1S/C23H31N3O3/c1-28-21-7-3-5-19(17-21)9-11-24-23(27)26-15-13-25(14-16-26)12-10-20-6-4-8-22(18-20)29-2/h3-8,17-18H,9-16H2,1-2H3,(H,24,27). The van der Waals surface area contributed by atoms with Crippen LogP contribution in [0, 0.1) is 0 Å².